The van der Waals surface area contributed by atoms with Crippen LogP contribution in [-0.4, -0.2) is 35.1 Å². The summed E-state index contributed by atoms with van der Waals surface area (Å²) in [6.45, 7) is 5.17. The Bertz CT molecular complexity index is 356. The van der Waals surface area contributed by atoms with E-state index in [-0.39, 0.29) is 12.1 Å². The monoisotopic (exact) mass is 257 g/mol. The third-order valence-corrected chi connectivity index (χ3v) is 3.84. The van der Waals surface area contributed by atoms with Crippen molar-refractivity contribution in [2.24, 2.45) is 0 Å². The lowest BCUT2D eigenvalue weighted by atomic mass is 10.2. The van der Waals surface area contributed by atoms with Crippen molar-refractivity contribution in [1.82, 2.24) is 15.5 Å². The first kappa shape index (κ1) is 12.9. The van der Waals surface area contributed by atoms with Gasteiger partial charge in [-0.25, -0.2) is 0 Å². The molecule has 1 aromatic heterocycles. The Labute approximate surface area is 106 Å². The maximum atomic E-state index is 5.29. The van der Waals surface area contributed by atoms with Crippen LogP contribution >= 0.6 is 11.8 Å². The molecule has 96 valence electrons. The summed E-state index contributed by atoms with van der Waals surface area (Å²) in [6, 6.07) is 0.144. The topological polar surface area (TPSA) is 60.2 Å². The van der Waals surface area contributed by atoms with E-state index < -0.39 is 0 Å². The van der Waals surface area contributed by atoms with Gasteiger partial charge in [0.25, 0.3) is 0 Å². The van der Waals surface area contributed by atoms with Gasteiger partial charge in [0.2, 0.25) is 5.89 Å². The second-order valence-corrected chi connectivity index (χ2v) is 6.03. The molecule has 0 saturated carbocycles. The molecule has 1 fully saturated rings. The van der Waals surface area contributed by atoms with E-state index in [4.69, 9.17) is 9.26 Å². The maximum Gasteiger partial charge on any atom is 0.243 e. The first-order valence-electron chi connectivity index (χ1n) is 5.89. The third kappa shape index (κ3) is 3.43. The number of nitrogens with one attached hydrogen (secondary N) is 1. The van der Waals surface area contributed by atoms with Crippen LogP contribution in [-0.2, 0) is 10.5 Å². The molecular formula is C11H19N3O2S. The molecule has 17 heavy (non-hydrogen) atoms. The minimum atomic E-state index is 0.144. The highest BCUT2D eigenvalue weighted by molar-refractivity contribution is 7.99. The molecule has 0 aliphatic carbocycles. The van der Waals surface area contributed by atoms with E-state index in [1.54, 1.807) is 7.11 Å². The van der Waals surface area contributed by atoms with Crippen LogP contribution in [0.3, 0.4) is 0 Å². The van der Waals surface area contributed by atoms with Crippen LogP contribution in [0.25, 0.3) is 0 Å². The number of thioether (sulfide) groups is 1. The van der Waals surface area contributed by atoms with Crippen LogP contribution in [0, 0.1) is 0 Å². The predicted octanol–water partition coefficient (Wildman–Crippen LogP) is 1.76. The summed E-state index contributed by atoms with van der Waals surface area (Å²) in [5.74, 6) is 2.27. The quantitative estimate of drug-likeness (QED) is 0.867. The van der Waals surface area contributed by atoms with E-state index in [1.807, 2.05) is 11.8 Å². The Morgan fingerprint density at radius 3 is 3.06 bits per heavy atom. The maximum absolute atomic E-state index is 5.29. The highest BCUT2D eigenvalue weighted by Crippen LogP contribution is 2.24. The SMILES string of the molecule is CO[C@@H]1CN[C@@H](c2nc(CSC(C)C)no2)C1. The van der Waals surface area contributed by atoms with E-state index in [1.165, 1.54) is 0 Å². The van der Waals surface area contributed by atoms with E-state index >= 15 is 0 Å². The Morgan fingerprint density at radius 1 is 1.59 bits per heavy atom. The second kappa shape index (κ2) is 5.84. The number of aromatic nitrogens is 2. The van der Waals surface area contributed by atoms with Gasteiger partial charge in [0.1, 0.15) is 0 Å². The van der Waals surface area contributed by atoms with Crippen LogP contribution in [0.5, 0.6) is 0 Å². The van der Waals surface area contributed by atoms with Crippen molar-refractivity contribution >= 4 is 11.8 Å². The van der Waals surface area contributed by atoms with E-state index in [2.05, 4.69) is 29.3 Å². The second-order valence-electron chi connectivity index (χ2n) is 4.46. The van der Waals surface area contributed by atoms with Gasteiger partial charge >= 0.3 is 0 Å². The van der Waals surface area contributed by atoms with Gasteiger partial charge in [0.15, 0.2) is 5.82 Å². The van der Waals surface area contributed by atoms with Gasteiger partial charge in [0.05, 0.1) is 17.9 Å². The number of rotatable bonds is 5. The molecular weight excluding hydrogens is 238 g/mol. The van der Waals surface area contributed by atoms with Crippen LogP contribution < -0.4 is 5.32 Å². The fourth-order valence-corrected chi connectivity index (χ4v) is 2.38. The fraction of sp³-hybridized carbons (Fsp3) is 0.818. The third-order valence-electron chi connectivity index (χ3n) is 2.75. The Kier molecular flexibility index (Phi) is 4.42. The molecule has 1 N–H and O–H groups in total. The van der Waals surface area contributed by atoms with Crippen molar-refractivity contribution < 1.29 is 9.26 Å². The molecule has 0 bridgehead atoms. The number of methoxy groups -OCH3 is 1. The van der Waals surface area contributed by atoms with Crippen LogP contribution in [0.2, 0.25) is 0 Å². The Balaban J connectivity index is 1.90. The summed E-state index contributed by atoms with van der Waals surface area (Å²) in [6.07, 6.45) is 1.15. The summed E-state index contributed by atoms with van der Waals surface area (Å²) in [4.78, 5) is 4.42. The molecule has 1 saturated heterocycles. The molecule has 0 unspecified atom stereocenters. The highest BCUT2D eigenvalue weighted by Gasteiger charge is 2.29. The smallest absolute Gasteiger partial charge is 0.243 e. The predicted molar refractivity (Wildman–Crippen MR) is 66.9 cm³/mol. The van der Waals surface area contributed by atoms with Gasteiger partial charge in [-0.15, -0.1) is 0 Å². The number of nitrogens with zero attached hydrogens (tertiary/aromatic N) is 2. The van der Waals surface area contributed by atoms with Gasteiger partial charge in [-0.1, -0.05) is 19.0 Å². The Hall–Kier alpha value is -0.590. The summed E-state index contributed by atoms with van der Waals surface area (Å²) < 4.78 is 10.6. The van der Waals surface area contributed by atoms with Gasteiger partial charge in [-0.2, -0.15) is 16.7 Å². The minimum Gasteiger partial charge on any atom is -0.380 e. The molecule has 0 spiro atoms. The summed E-state index contributed by atoms with van der Waals surface area (Å²) >= 11 is 1.82. The zero-order chi connectivity index (χ0) is 12.3. The van der Waals surface area contributed by atoms with E-state index in [9.17, 15) is 0 Å². The zero-order valence-corrected chi connectivity index (χ0v) is 11.3. The number of ether oxygens (including phenoxy) is 1. The van der Waals surface area contributed by atoms with Gasteiger partial charge in [-0.05, 0) is 11.7 Å². The fourth-order valence-electron chi connectivity index (χ4n) is 1.78. The molecule has 2 rings (SSSR count). The van der Waals surface area contributed by atoms with Crippen molar-refractivity contribution in [3.8, 4) is 0 Å². The van der Waals surface area contributed by atoms with Gasteiger partial charge in [0, 0.05) is 13.7 Å². The first-order chi connectivity index (χ1) is 8.19. The van der Waals surface area contributed by atoms with Gasteiger partial charge in [-0.3, -0.25) is 0 Å². The molecule has 1 aliphatic heterocycles. The molecule has 0 aromatic carbocycles. The number of hydrogen-bond acceptors (Lipinski definition) is 6. The van der Waals surface area contributed by atoms with E-state index in [0.717, 1.165) is 24.5 Å². The van der Waals surface area contributed by atoms with Crippen molar-refractivity contribution in [3.05, 3.63) is 11.7 Å². The standard InChI is InChI=1S/C11H19N3O2S/c1-7(2)17-6-10-13-11(16-14-10)9-4-8(15-3)5-12-9/h7-9,12H,4-6H2,1-3H3/t8-,9+/m0/s1. The lowest BCUT2D eigenvalue weighted by Crippen LogP contribution is -2.16. The number of hydrogen-bond donors (Lipinski definition) is 1. The van der Waals surface area contributed by atoms with E-state index in [0.29, 0.717) is 11.1 Å². The zero-order valence-electron chi connectivity index (χ0n) is 10.5. The summed E-state index contributed by atoms with van der Waals surface area (Å²) in [5, 5.41) is 7.90. The molecule has 2 atom stereocenters. The molecule has 5 nitrogen and oxygen atoms in total. The van der Waals surface area contributed by atoms with Crippen molar-refractivity contribution in [2.75, 3.05) is 13.7 Å². The Morgan fingerprint density at radius 2 is 2.41 bits per heavy atom. The molecule has 1 aliphatic rings. The average Bonchev–Trinajstić information content (AvgIpc) is 2.94. The molecule has 2 heterocycles. The molecule has 0 radical (unpaired) electrons. The largest absolute Gasteiger partial charge is 0.380 e. The lowest BCUT2D eigenvalue weighted by molar-refractivity contribution is 0.116. The van der Waals surface area contributed by atoms with Crippen LogP contribution in [0.15, 0.2) is 4.52 Å². The summed E-state index contributed by atoms with van der Waals surface area (Å²) in [7, 11) is 1.73. The van der Waals surface area contributed by atoms with Crippen molar-refractivity contribution in [3.63, 3.8) is 0 Å². The van der Waals surface area contributed by atoms with Crippen molar-refractivity contribution in [1.29, 1.82) is 0 Å². The average molecular weight is 257 g/mol. The highest BCUT2D eigenvalue weighted by atomic mass is 32.2. The van der Waals surface area contributed by atoms with Crippen molar-refractivity contribution in [2.45, 2.75) is 43.4 Å². The molecule has 6 heteroatoms. The first-order valence-corrected chi connectivity index (χ1v) is 6.94. The van der Waals surface area contributed by atoms with Gasteiger partial charge < -0.3 is 14.6 Å². The normalized spacial score (nSPS) is 24.7. The van der Waals surface area contributed by atoms with Crippen LogP contribution in [0.1, 0.15) is 38.0 Å². The molecule has 1 aromatic rings. The molecule has 0 amide bonds. The minimum absolute atomic E-state index is 0.144. The summed E-state index contributed by atoms with van der Waals surface area (Å²) in [5.41, 5.74) is 0. The lowest BCUT2D eigenvalue weighted by Gasteiger charge is -2.04. The van der Waals surface area contributed by atoms with Crippen LogP contribution in [0.4, 0.5) is 0 Å².